The van der Waals surface area contributed by atoms with E-state index in [2.05, 4.69) is 26.3 Å². The highest BCUT2D eigenvalue weighted by Crippen LogP contribution is 2.29. The minimum absolute atomic E-state index is 0.0896. The summed E-state index contributed by atoms with van der Waals surface area (Å²) in [5.41, 5.74) is 11.9. The van der Waals surface area contributed by atoms with Gasteiger partial charge in [0.05, 0.1) is 13.2 Å². The van der Waals surface area contributed by atoms with E-state index in [1.807, 2.05) is 91.4 Å². The average Bonchev–Trinajstić information content (AvgIpc) is 3.11. The Balaban J connectivity index is 0.000000167. The van der Waals surface area contributed by atoms with Gasteiger partial charge in [0, 0.05) is 76.8 Å². The van der Waals surface area contributed by atoms with Gasteiger partial charge in [0.25, 0.3) is 5.91 Å². The highest BCUT2D eigenvalue weighted by Gasteiger charge is 2.12. The van der Waals surface area contributed by atoms with Crippen molar-refractivity contribution in [2.24, 2.45) is 5.73 Å². The molecule has 0 saturated heterocycles. The summed E-state index contributed by atoms with van der Waals surface area (Å²) in [5.74, 6) is -0.501. The van der Waals surface area contributed by atoms with Crippen LogP contribution < -0.4 is 11.1 Å². The number of hydrogen-bond donors (Lipinski definition) is 2. The minimum atomic E-state index is -0.411. The molecule has 3 aromatic heterocycles. The highest BCUT2D eigenvalue weighted by molar-refractivity contribution is 6.03. The molecule has 8 heteroatoms. The molecule has 1 aliphatic heterocycles. The summed E-state index contributed by atoms with van der Waals surface area (Å²) in [6.07, 6.45) is 13.7. The first kappa shape index (κ1) is 29.3. The van der Waals surface area contributed by atoms with Crippen LogP contribution in [0.15, 0.2) is 122 Å². The van der Waals surface area contributed by atoms with E-state index in [1.165, 1.54) is 5.57 Å². The van der Waals surface area contributed by atoms with Crippen LogP contribution in [0.1, 0.15) is 38.3 Å². The molecule has 222 valence electrons. The largest absolute Gasteiger partial charge is 0.377 e. The fraction of sp³-hybridized carbons (Fsp3) is 0.108. The fourth-order valence-electron chi connectivity index (χ4n) is 5.29. The van der Waals surface area contributed by atoms with Crippen molar-refractivity contribution in [3.05, 3.63) is 144 Å². The Morgan fingerprint density at radius 2 is 1.42 bits per heavy atom. The van der Waals surface area contributed by atoms with Crippen molar-refractivity contribution in [3.8, 4) is 11.1 Å². The number of ether oxygens (including phenoxy) is 1. The molecule has 0 saturated carbocycles. The molecule has 0 spiro atoms. The SMILES string of the molecule is NC(=O)c1ccc2cncc(C3=CCOCC3)c2c1.O=C(NCc1ccccc1)c1ccc2cncc(-c3ccncc3)c2c1. The molecule has 2 amide bonds. The molecule has 6 aromatic rings. The van der Waals surface area contributed by atoms with Crippen LogP contribution in [0.4, 0.5) is 0 Å². The van der Waals surface area contributed by atoms with Crippen LogP contribution >= 0.6 is 0 Å². The zero-order valence-electron chi connectivity index (χ0n) is 24.5. The van der Waals surface area contributed by atoms with Gasteiger partial charge >= 0.3 is 0 Å². The maximum Gasteiger partial charge on any atom is 0.251 e. The number of carbonyl (C=O) groups excluding carboxylic acids is 2. The number of aromatic nitrogens is 3. The number of benzene rings is 3. The van der Waals surface area contributed by atoms with Crippen LogP contribution in [0.3, 0.4) is 0 Å². The molecule has 45 heavy (non-hydrogen) atoms. The number of nitrogens with zero attached hydrogens (tertiary/aromatic N) is 3. The number of fused-ring (bicyclic) bond motifs is 2. The normalized spacial score (nSPS) is 12.6. The topological polar surface area (TPSA) is 120 Å². The monoisotopic (exact) mass is 593 g/mol. The van der Waals surface area contributed by atoms with Gasteiger partial charge < -0.3 is 15.8 Å². The van der Waals surface area contributed by atoms with Crippen molar-refractivity contribution < 1.29 is 14.3 Å². The average molecular weight is 594 g/mol. The summed E-state index contributed by atoms with van der Waals surface area (Å²) in [4.78, 5) is 36.5. The minimum Gasteiger partial charge on any atom is -0.377 e. The van der Waals surface area contributed by atoms with Gasteiger partial charge in [-0.3, -0.25) is 24.5 Å². The van der Waals surface area contributed by atoms with Gasteiger partial charge in [0.2, 0.25) is 5.91 Å². The number of pyridine rings is 3. The lowest BCUT2D eigenvalue weighted by Crippen LogP contribution is -2.22. The summed E-state index contributed by atoms with van der Waals surface area (Å²) in [5, 5.41) is 6.99. The number of primary amides is 1. The first-order valence-electron chi connectivity index (χ1n) is 14.6. The standard InChI is InChI=1S/C22H17N3O.C15H14N2O2/c26-22(25-13-16-4-2-1-3-5-16)18-6-7-19-14-24-15-21(20(19)12-18)17-8-10-23-11-9-17;16-15(18)11-1-2-12-8-17-9-14(13(12)7-11)10-3-5-19-6-4-10/h1-12,14-15H,13H2,(H,25,26);1-3,7-9H,4-6H2,(H2,16,18). The zero-order chi connectivity index (χ0) is 31.0. The van der Waals surface area contributed by atoms with Crippen LogP contribution in [-0.2, 0) is 11.3 Å². The van der Waals surface area contributed by atoms with Crippen LogP contribution in [0.25, 0.3) is 38.2 Å². The second kappa shape index (κ2) is 13.7. The molecule has 0 aliphatic carbocycles. The Morgan fingerprint density at radius 1 is 0.756 bits per heavy atom. The summed E-state index contributed by atoms with van der Waals surface area (Å²) in [6, 6.07) is 24.9. The molecule has 0 unspecified atom stereocenters. The summed E-state index contributed by atoms with van der Waals surface area (Å²) in [6.45, 7) is 1.85. The number of rotatable bonds is 6. The number of nitrogens with one attached hydrogen (secondary N) is 1. The molecular formula is C37H31N5O3. The number of hydrogen-bond acceptors (Lipinski definition) is 6. The fourth-order valence-corrected chi connectivity index (χ4v) is 5.29. The first-order valence-corrected chi connectivity index (χ1v) is 14.6. The number of carbonyl (C=O) groups is 2. The van der Waals surface area contributed by atoms with Crippen LogP contribution in [0.5, 0.6) is 0 Å². The predicted octanol–water partition coefficient (Wildman–Crippen LogP) is 6.36. The van der Waals surface area contributed by atoms with E-state index in [0.717, 1.165) is 56.8 Å². The predicted molar refractivity (Wildman–Crippen MR) is 176 cm³/mol. The van der Waals surface area contributed by atoms with Crippen molar-refractivity contribution in [3.63, 3.8) is 0 Å². The van der Waals surface area contributed by atoms with Gasteiger partial charge in [0.1, 0.15) is 0 Å². The van der Waals surface area contributed by atoms with Gasteiger partial charge in [-0.1, -0.05) is 48.5 Å². The number of nitrogens with two attached hydrogens (primary N) is 1. The van der Waals surface area contributed by atoms with E-state index in [4.69, 9.17) is 10.5 Å². The van der Waals surface area contributed by atoms with Crippen molar-refractivity contribution in [2.45, 2.75) is 13.0 Å². The Bertz CT molecular complexity index is 2010. The number of amides is 2. The van der Waals surface area contributed by atoms with Crippen molar-refractivity contribution in [1.29, 1.82) is 0 Å². The zero-order valence-corrected chi connectivity index (χ0v) is 24.5. The van der Waals surface area contributed by atoms with Gasteiger partial charge in [-0.2, -0.15) is 0 Å². The Labute approximate surface area is 260 Å². The second-order valence-electron chi connectivity index (χ2n) is 10.6. The van der Waals surface area contributed by atoms with Gasteiger partial charge in [-0.15, -0.1) is 0 Å². The lowest BCUT2D eigenvalue weighted by atomic mass is 9.96. The molecule has 0 radical (unpaired) electrons. The second-order valence-corrected chi connectivity index (χ2v) is 10.6. The Morgan fingerprint density at radius 3 is 2.11 bits per heavy atom. The summed E-state index contributed by atoms with van der Waals surface area (Å²) >= 11 is 0. The third-order valence-corrected chi connectivity index (χ3v) is 7.66. The van der Waals surface area contributed by atoms with Crippen molar-refractivity contribution in [1.82, 2.24) is 20.3 Å². The van der Waals surface area contributed by atoms with Gasteiger partial charge in [-0.25, -0.2) is 0 Å². The summed E-state index contributed by atoms with van der Waals surface area (Å²) < 4.78 is 5.32. The van der Waals surface area contributed by atoms with E-state index in [0.29, 0.717) is 24.3 Å². The van der Waals surface area contributed by atoms with E-state index in [9.17, 15) is 9.59 Å². The van der Waals surface area contributed by atoms with E-state index < -0.39 is 5.91 Å². The van der Waals surface area contributed by atoms with Crippen LogP contribution in [0, 0.1) is 0 Å². The molecule has 8 nitrogen and oxygen atoms in total. The maximum atomic E-state index is 12.6. The molecule has 3 aromatic carbocycles. The van der Waals surface area contributed by atoms with Crippen molar-refractivity contribution >= 4 is 38.9 Å². The molecule has 4 heterocycles. The van der Waals surface area contributed by atoms with E-state index in [1.54, 1.807) is 24.7 Å². The molecule has 3 N–H and O–H groups in total. The lowest BCUT2D eigenvalue weighted by Gasteiger charge is -2.15. The molecule has 1 aliphatic rings. The molecule has 0 bridgehead atoms. The van der Waals surface area contributed by atoms with E-state index >= 15 is 0 Å². The maximum absolute atomic E-state index is 12.6. The van der Waals surface area contributed by atoms with Crippen molar-refractivity contribution in [2.75, 3.05) is 13.2 Å². The summed E-state index contributed by atoms with van der Waals surface area (Å²) in [7, 11) is 0. The van der Waals surface area contributed by atoms with Crippen LogP contribution in [-0.4, -0.2) is 40.0 Å². The third kappa shape index (κ3) is 6.92. The Kier molecular flexibility index (Phi) is 8.94. The molecule has 7 rings (SSSR count). The smallest absolute Gasteiger partial charge is 0.251 e. The lowest BCUT2D eigenvalue weighted by molar-refractivity contribution is 0.0949. The highest BCUT2D eigenvalue weighted by atomic mass is 16.5. The Hall–Kier alpha value is -5.73. The molecule has 0 fully saturated rings. The third-order valence-electron chi connectivity index (χ3n) is 7.66. The molecular weight excluding hydrogens is 562 g/mol. The van der Waals surface area contributed by atoms with E-state index in [-0.39, 0.29) is 5.91 Å². The van der Waals surface area contributed by atoms with Gasteiger partial charge in [-0.05, 0) is 70.3 Å². The van der Waals surface area contributed by atoms with Gasteiger partial charge in [0.15, 0.2) is 0 Å². The quantitative estimate of drug-likeness (QED) is 0.232. The molecule has 0 atom stereocenters. The van der Waals surface area contributed by atoms with Crippen LogP contribution in [0.2, 0.25) is 0 Å². The first-order chi connectivity index (χ1) is 22.1.